The van der Waals surface area contributed by atoms with E-state index in [1.54, 1.807) is 7.11 Å². The molecule has 1 saturated heterocycles. The number of carbonyl (C=O) groups is 1. The molecule has 0 N–H and O–H groups in total. The molecule has 1 aromatic carbocycles. The molecule has 1 saturated carbocycles. The lowest BCUT2D eigenvalue weighted by Crippen LogP contribution is -2.15. The summed E-state index contributed by atoms with van der Waals surface area (Å²) in [5, 5.41) is 0. The van der Waals surface area contributed by atoms with Crippen LogP contribution in [0.2, 0.25) is 0 Å². The molecule has 1 heterocycles. The molecule has 3 atom stereocenters. The lowest BCUT2D eigenvalue weighted by molar-refractivity contribution is -0.148. The van der Waals surface area contributed by atoms with Crippen molar-refractivity contribution in [3.8, 4) is 5.75 Å². The molecule has 0 amide bonds. The van der Waals surface area contributed by atoms with Crippen LogP contribution in [-0.4, -0.2) is 19.7 Å². The highest BCUT2D eigenvalue weighted by Gasteiger charge is 2.57. The molecular formula is C13H14O3. The number of cyclic esters (lactones) is 1. The predicted octanol–water partition coefficient (Wildman–Crippen LogP) is 1.97. The molecule has 0 radical (unpaired) electrons. The fourth-order valence-electron chi connectivity index (χ4n) is 2.73. The normalized spacial score (nSPS) is 31.6. The van der Waals surface area contributed by atoms with Crippen LogP contribution in [0.5, 0.6) is 5.75 Å². The molecule has 3 rings (SSSR count). The maximum Gasteiger partial charge on any atom is 0.309 e. The number of methoxy groups -OCH3 is 1. The van der Waals surface area contributed by atoms with Gasteiger partial charge in [0.1, 0.15) is 5.75 Å². The lowest BCUT2D eigenvalue weighted by atomic mass is 10.1. The first-order valence-electron chi connectivity index (χ1n) is 5.62. The Labute approximate surface area is 94.4 Å². The van der Waals surface area contributed by atoms with E-state index in [1.807, 2.05) is 12.1 Å². The van der Waals surface area contributed by atoms with E-state index >= 15 is 0 Å². The van der Waals surface area contributed by atoms with Gasteiger partial charge in [-0.15, -0.1) is 0 Å². The number of hydrogen-bond donors (Lipinski definition) is 0. The van der Waals surface area contributed by atoms with E-state index < -0.39 is 0 Å². The van der Waals surface area contributed by atoms with E-state index in [2.05, 4.69) is 12.1 Å². The number of fused-ring (bicyclic) bond motifs is 1. The van der Waals surface area contributed by atoms with Gasteiger partial charge in [0.05, 0.1) is 19.6 Å². The van der Waals surface area contributed by atoms with Crippen molar-refractivity contribution in [3.63, 3.8) is 0 Å². The Morgan fingerprint density at radius 1 is 1.25 bits per heavy atom. The highest BCUT2D eigenvalue weighted by Crippen LogP contribution is 2.58. The highest BCUT2D eigenvalue weighted by atomic mass is 16.5. The van der Waals surface area contributed by atoms with Crippen molar-refractivity contribution in [2.45, 2.75) is 12.3 Å². The first-order chi connectivity index (χ1) is 7.81. The van der Waals surface area contributed by atoms with Crippen LogP contribution < -0.4 is 4.74 Å². The summed E-state index contributed by atoms with van der Waals surface area (Å²) in [5.74, 6) is 1.84. The van der Waals surface area contributed by atoms with Crippen molar-refractivity contribution in [1.82, 2.24) is 0 Å². The van der Waals surface area contributed by atoms with Crippen LogP contribution in [0.25, 0.3) is 0 Å². The van der Waals surface area contributed by atoms with Crippen molar-refractivity contribution < 1.29 is 14.3 Å². The third-order valence-electron chi connectivity index (χ3n) is 3.64. The number of rotatable bonds is 2. The summed E-state index contributed by atoms with van der Waals surface area (Å²) in [5.41, 5.74) is 1.23. The van der Waals surface area contributed by atoms with Crippen LogP contribution in [0.4, 0.5) is 0 Å². The minimum absolute atomic E-state index is 0.0166. The number of esters is 1. The maximum absolute atomic E-state index is 11.5. The number of hydrogen-bond acceptors (Lipinski definition) is 3. The molecule has 2 aliphatic rings. The molecular weight excluding hydrogens is 204 g/mol. The summed E-state index contributed by atoms with van der Waals surface area (Å²) in [6.45, 7) is 0.590. The van der Waals surface area contributed by atoms with Gasteiger partial charge < -0.3 is 9.47 Å². The van der Waals surface area contributed by atoms with Gasteiger partial charge in [0.15, 0.2) is 0 Å². The Bertz CT molecular complexity index is 410. The second kappa shape index (κ2) is 3.51. The predicted molar refractivity (Wildman–Crippen MR) is 58.3 cm³/mol. The largest absolute Gasteiger partial charge is 0.497 e. The molecule has 0 spiro atoms. The zero-order chi connectivity index (χ0) is 11.1. The Kier molecular flexibility index (Phi) is 2.13. The van der Waals surface area contributed by atoms with Gasteiger partial charge in [-0.05, 0) is 30.0 Å². The molecule has 3 heteroatoms. The summed E-state index contributed by atoms with van der Waals surface area (Å²) in [7, 11) is 1.66. The zero-order valence-electron chi connectivity index (χ0n) is 9.18. The molecule has 1 aliphatic carbocycles. The molecule has 3 nitrogen and oxygen atoms in total. The van der Waals surface area contributed by atoms with Crippen molar-refractivity contribution >= 4 is 5.97 Å². The molecule has 1 aromatic rings. The fraction of sp³-hybridized carbons (Fsp3) is 0.462. The Morgan fingerprint density at radius 3 is 2.62 bits per heavy atom. The summed E-state index contributed by atoms with van der Waals surface area (Å²) < 4.78 is 10.2. The summed E-state index contributed by atoms with van der Waals surface area (Å²) in [6, 6.07) is 8.00. The molecule has 16 heavy (non-hydrogen) atoms. The topological polar surface area (TPSA) is 35.5 Å². The van der Waals surface area contributed by atoms with Crippen LogP contribution in [0.1, 0.15) is 17.9 Å². The van der Waals surface area contributed by atoms with Gasteiger partial charge in [0.25, 0.3) is 0 Å². The average molecular weight is 218 g/mol. The first-order valence-corrected chi connectivity index (χ1v) is 5.62. The maximum atomic E-state index is 11.5. The summed E-state index contributed by atoms with van der Waals surface area (Å²) in [4.78, 5) is 11.5. The van der Waals surface area contributed by atoms with Gasteiger partial charge in [0, 0.05) is 5.92 Å². The van der Waals surface area contributed by atoms with E-state index in [0.29, 0.717) is 18.4 Å². The number of carbonyl (C=O) groups excluding carboxylic acids is 1. The molecule has 84 valence electrons. The first kappa shape index (κ1) is 9.70. The van der Waals surface area contributed by atoms with E-state index in [1.165, 1.54) is 5.56 Å². The quantitative estimate of drug-likeness (QED) is 0.712. The third kappa shape index (κ3) is 1.39. The Balaban J connectivity index is 1.81. The van der Waals surface area contributed by atoms with Crippen molar-refractivity contribution in [3.05, 3.63) is 29.8 Å². The summed E-state index contributed by atoms with van der Waals surface area (Å²) in [6.07, 6.45) is 1.01. The average Bonchev–Trinajstić information content (AvgIpc) is 3.05. The van der Waals surface area contributed by atoms with Crippen LogP contribution in [0.15, 0.2) is 24.3 Å². The highest BCUT2D eigenvalue weighted by molar-refractivity contribution is 5.79. The van der Waals surface area contributed by atoms with Crippen molar-refractivity contribution in [2.24, 2.45) is 11.8 Å². The fourth-order valence-corrected chi connectivity index (χ4v) is 2.73. The second-order valence-corrected chi connectivity index (χ2v) is 4.44. The summed E-state index contributed by atoms with van der Waals surface area (Å²) >= 11 is 0. The molecule has 0 aromatic heterocycles. The number of benzene rings is 1. The SMILES string of the molecule is COc1ccc([C@@H]2[C@H]3CCOC(=O)[C@H]32)cc1. The minimum Gasteiger partial charge on any atom is -0.497 e. The molecule has 2 fully saturated rings. The van der Waals surface area contributed by atoms with E-state index in [-0.39, 0.29) is 11.9 Å². The minimum atomic E-state index is -0.0166. The Hall–Kier alpha value is -1.51. The Morgan fingerprint density at radius 2 is 2.00 bits per heavy atom. The standard InChI is InChI=1S/C13H14O3/c1-15-9-4-2-8(3-5-9)11-10-6-7-16-13(14)12(10)11/h2-5,10-12H,6-7H2,1H3/t10-,11-,12-/m1/s1. The van der Waals surface area contributed by atoms with Gasteiger partial charge in [-0.1, -0.05) is 12.1 Å². The monoisotopic (exact) mass is 218 g/mol. The lowest BCUT2D eigenvalue weighted by Gasteiger charge is -2.07. The molecule has 0 unspecified atom stereocenters. The third-order valence-corrected chi connectivity index (χ3v) is 3.64. The van der Waals surface area contributed by atoms with Crippen LogP contribution >= 0.6 is 0 Å². The van der Waals surface area contributed by atoms with Crippen molar-refractivity contribution in [2.75, 3.05) is 13.7 Å². The van der Waals surface area contributed by atoms with E-state index in [0.717, 1.165) is 12.2 Å². The van der Waals surface area contributed by atoms with E-state index in [9.17, 15) is 4.79 Å². The van der Waals surface area contributed by atoms with Crippen LogP contribution in [0, 0.1) is 11.8 Å². The smallest absolute Gasteiger partial charge is 0.309 e. The second-order valence-electron chi connectivity index (χ2n) is 4.44. The van der Waals surface area contributed by atoms with Crippen LogP contribution in [0.3, 0.4) is 0 Å². The molecule has 0 bridgehead atoms. The van der Waals surface area contributed by atoms with Gasteiger partial charge >= 0.3 is 5.97 Å². The zero-order valence-corrected chi connectivity index (χ0v) is 9.18. The van der Waals surface area contributed by atoms with Crippen LogP contribution in [-0.2, 0) is 9.53 Å². The molecule has 1 aliphatic heterocycles. The van der Waals surface area contributed by atoms with Crippen molar-refractivity contribution in [1.29, 1.82) is 0 Å². The van der Waals surface area contributed by atoms with E-state index in [4.69, 9.17) is 9.47 Å². The van der Waals surface area contributed by atoms with Gasteiger partial charge in [-0.2, -0.15) is 0 Å². The van der Waals surface area contributed by atoms with Gasteiger partial charge in [-0.25, -0.2) is 0 Å². The van der Waals surface area contributed by atoms with Gasteiger partial charge in [0.2, 0.25) is 0 Å². The van der Waals surface area contributed by atoms with Gasteiger partial charge in [-0.3, -0.25) is 4.79 Å². The number of ether oxygens (including phenoxy) is 2.